The summed E-state index contributed by atoms with van der Waals surface area (Å²) in [4.78, 5) is 123. The predicted molar refractivity (Wildman–Crippen MR) is 371 cm³/mol. The summed E-state index contributed by atoms with van der Waals surface area (Å²) in [6, 6.07) is 38.4. The van der Waals surface area contributed by atoms with Gasteiger partial charge in [-0.25, -0.2) is 9.59 Å². The van der Waals surface area contributed by atoms with Crippen molar-refractivity contribution in [3.8, 4) is 46.0 Å². The Balaban J connectivity index is 1.08. The van der Waals surface area contributed by atoms with E-state index in [2.05, 4.69) is 23.8 Å². The van der Waals surface area contributed by atoms with Gasteiger partial charge in [-0.2, -0.15) is 0 Å². The average Bonchev–Trinajstić information content (AvgIpc) is 0.672. The molecule has 2 aliphatic heterocycles. The number of nitrogens with zero attached hydrogens (tertiary/aromatic N) is 2. The van der Waals surface area contributed by atoms with Gasteiger partial charge in [0.1, 0.15) is 70.3 Å². The maximum Gasteiger partial charge on any atom is 0.333 e. The van der Waals surface area contributed by atoms with Crippen molar-refractivity contribution in [1.82, 2.24) is 20.4 Å². The Bertz CT molecular complexity index is 4200. The van der Waals surface area contributed by atoms with Gasteiger partial charge in [-0.1, -0.05) is 114 Å². The van der Waals surface area contributed by atoms with Crippen LogP contribution in [0, 0.1) is 11.8 Å². The Morgan fingerprint density at radius 3 is 0.949 bits per heavy atom. The zero-order valence-corrected chi connectivity index (χ0v) is 55.6. The fourth-order valence-corrected chi connectivity index (χ4v) is 14.3. The van der Waals surface area contributed by atoms with E-state index < -0.39 is 83.8 Å². The number of para-hydroxylation sites is 4. The molecule has 2 aliphatic carbocycles. The minimum Gasteiger partial charge on any atom is -0.459 e. The van der Waals surface area contributed by atoms with Crippen molar-refractivity contribution in [3.63, 3.8) is 0 Å². The van der Waals surface area contributed by atoms with Gasteiger partial charge in [-0.3, -0.25) is 38.6 Å². The van der Waals surface area contributed by atoms with E-state index in [0.29, 0.717) is 95.9 Å². The molecule has 0 bridgehead atoms. The number of benzene rings is 9. The molecule has 9 aromatic carbocycles. The third-order valence-electron chi connectivity index (χ3n) is 18.7. The Morgan fingerprint density at radius 2 is 0.694 bits per heavy atom. The van der Waals surface area contributed by atoms with Gasteiger partial charge in [0.15, 0.2) is 0 Å². The smallest absolute Gasteiger partial charge is 0.333 e. The number of hydrogen-bond donors (Lipinski definition) is 2. The third-order valence-corrected chi connectivity index (χ3v) is 18.7. The molecule has 0 spiro atoms. The molecular weight excluding hydrogens is 1240 g/mol. The average molecular weight is 1320 g/mol. The van der Waals surface area contributed by atoms with Gasteiger partial charge in [0.25, 0.3) is 23.6 Å². The molecule has 0 saturated heterocycles. The number of carbonyl (C=O) groups is 8. The number of ether oxygens (including phenoxy) is 6. The fraction of sp³-hybridized carbons (Fsp3) is 0.300. The Labute approximate surface area is 567 Å². The second-order valence-corrected chi connectivity index (χ2v) is 27.0. The first-order chi connectivity index (χ1) is 47.2. The highest BCUT2D eigenvalue weighted by Crippen LogP contribution is 2.58. The van der Waals surface area contributed by atoms with E-state index in [9.17, 15) is 9.59 Å². The van der Waals surface area contributed by atoms with E-state index in [4.69, 9.17) is 28.4 Å². The molecule has 6 atom stereocenters. The van der Waals surface area contributed by atoms with E-state index in [0.717, 1.165) is 9.80 Å². The molecule has 6 amide bonds. The Morgan fingerprint density at radius 1 is 0.418 bits per heavy atom. The quantitative estimate of drug-likeness (QED) is 0.0212. The molecule has 2 N–H and O–H groups in total. The minimum absolute atomic E-state index is 0.0139. The second kappa shape index (κ2) is 27.3. The molecule has 6 unspecified atom stereocenters. The predicted octanol–water partition coefficient (Wildman–Crippen LogP) is 16.0. The van der Waals surface area contributed by atoms with Crippen LogP contribution in [-0.4, -0.2) is 93.6 Å². The summed E-state index contributed by atoms with van der Waals surface area (Å²) in [5.41, 5.74) is 0.563. The van der Waals surface area contributed by atoms with Gasteiger partial charge < -0.3 is 39.1 Å². The van der Waals surface area contributed by atoms with Crippen LogP contribution in [0.5, 0.6) is 46.0 Å². The molecule has 2 saturated carbocycles. The lowest BCUT2D eigenvalue weighted by Gasteiger charge is -2.37. The number of imide groups is 2. The fourth-order valence-electron chi connectivity index (χ4n) is 14.3. The largest absolute Gasteiger partial charge is 0.459 e. The van der Waals surface area contributed by atoms with Crippen LogP contribution in [0.4, 0.5) is 0 Å². The van der Waals surface area contributed by atoms with Crippen molar-refractivity contribution in [2.24, 2.45) is 11.8 Å². The van der Waals surface area contributed by atoms with Crippen LogP contribution in [-0.2, 0) is 28.7 Å². The SMILES string of the molecule is C=C(C)C(=O)OC1CCCC(NC(=O)C(CC(C)C)N2C(=O)c3cc(Oc4ccccc4)c4c5c(Oc6ccccc6)cc6c7c(cc(Oc8ccccc8)c(c8c(Oc9ccccc9)cc(c3c48)C2=O)c75)C(=O)N(C(CC(C)C)C(=O)NC2CCCC(OC(=O)C(=C)C)C2)C6=O)C1. The molecule has 9 aromatic rings. The van der Waals surface area contributed by atoms with Gasteiger partial charge in [0.2, 0.25) is 11.8 Å². The van der Waals surface area contributed by atoms with Crippen LogP contribution in [0.25, 0.3) is 43.1 Å². The highest BCUT2D eigenvalue weighted by Gasteiger charge is 2.47. The standard InChI is InChI=1S/C80H76N4O14/c1-43(2)35-59(73(85)81-47-23-21-33-53(37-47)97-79(91)45(5)6)83-75(87)55-39-61(93-49-25-13-9-14-26-49)67-69-63(95-51-29-17-11-18-30-51)41-57-66-58(78(90)84(77(57)89)60(36-44(3)4)74(86)82-48-24-22-34-54(38-48)98-80(92)46(7)8)42-64(96-52-31-19-12-20-32-52)70(72(66)69)68-62(94-50-27-15-10-16-28-50)40-56(76(83)88)65(55)71(67)68/h9-20,25-32,39-44,47-48,53-54,59-60H,5,7,21-24,33-38H2,1-4,6,8H3,(H,81,85)(H,82,86). The van der Waals surface area contributed by atoms with E-state index in [-0.39, 0.29) is 103 Å². The molecular formula is C80H76N4O14. The van der Waals surface area contributed by atoms with Crippen LogP contribution >= 0.6 is 0 Å². The molecule has 2 fully saturated rings. The van der Waals surface area contributed by atoms with Crippen LogP contribution in [0.15, 0.2) is 170 Å². The minimum atomic E-state index is -1.34. The Kier molecular flexibility index (Phi) is 18.3. The summed E-state index contributed by atoms with van der Waals surface area (Å²) in [7, 11) is 0. The molecule has 0 radical (unpaired) electrons. The lowest BCUT2D eigenvalue weighted by Crippen LogP contribution is -2.56. The van der Waals surface area contributed by atoms with Crippen LogP contribution in [0.3, 0.4) is 0 Å². The molecule has 0 aromatic heterocycles. The molecule has 13 rings (SSSR count). The van der Waals surface area contributed by atoms with E-state index in [1.807, 2.05) is 52.0 Å². The molecule has 18 nitrogen and oxygen atoms in total. The number of rotatable bonds is 22. The van der Waals surface area contributed by atoms with E-state index in [1.54, 1.807) is 135 Å². The lowest BCUT2D eigenvalue weighted by molar-refractivity contribution is -0.147. The zero-order valence-electron chi connectivity index (χ0n) is 55.6. The summed E-state index contributed by atoms with van der Waals surface area (Å²) < 4.78 is 40.0. The van der Waals surface area contributed by atoms with Gasteiger partial charge >= 0.3 is 11.9 Å². The topological polar surface area (TPSA) is 222 Å². The van der Waals surface area contributed by atoms with E-state index >= 15 is 28.8 Å². The van der Waals surface area contributed by atoms with Crippen molar-refractivity contribution in [2.45, 2.75) is 142 Å². The van der Waals surface area contributed by atoms with Crippen molar-refractivity contribution in [1.29, 1.82) is 0 Å². The van der Waals surface area contributed by atoms with Crippen molar-refractivity contribution < 1.29 is 66.8 Å². The van der Waals surface area contributed by atoms with Crippen LogP contribution < -0.4 is 29.6 Å². The normalized spacial score (nSPS) is 18.2. The van der Waals surface area contributed by atoms with E-state index in [1.165, 1.54) is 0 Å². The van der Waals surface area contributed by atoms with Crippen LogP contribution in [0.1, 0.15) is 147 Å². The lowest BCUT2D eigenvalue weighted by atomic mass is 9.80. The number of amides is 6. The summed E-state index contributed by atoms with van der Waals surface area (Å²) in [6.07, 6.45) is 3.39. The molecule has 98 heavy (non-hydrogen) atoms. The van der Waals surface area contributed by atoms with Gasteiger partial charge in [0.05, 0.1) is 22.3 Å². The number of hydrogen-bond acceptors (Lipinski definition) is 14. The van der Waals surface area contributed by atoms with Crippen LogP contribution in [0.2, 0.25) is 0 Å². The van der Waals surface area contributed by atoms with Crippen molar-refractivity contribution >= 4 is 90.5 Å². The Hall–Kier alpha value is -10.9. The summed E-state index contributed by atoms with van der Waals surface area (Å²) in [6.45, 7) is 18.2. The highest BCUT2D eigenvalue weighted by atomic mass is 16.5. The van der Waals surface area contributed by atoms with Gasteiger partial charge in [-0.15, -0.1) is 0 Å². The number of nitrogens with one attached hydrogen (secondary N) is 2. The molecule has 18 heteroatoms. The summed E-state index contributed by atoms with van der Waals surface area (Å²) in [5, 5.41) is 8.42. The molecule has 2 heterocycles. The molecule has 500 valence electrons. The van der Waals surface area contributed by atoms with Crippen molar-refractivity contribution in [2.75, 3.05) is 0 Å². The zero-order chi connectivity index (χ0) is 68.8. The number of carbonyl (C=O) groups excluding carboxylic acids is 8. The van der Waals surface area contributed by atoms with Crippen molar-refractivity contribution in [3.05, 3.63) is 192 Å². The summed E-state index contributed by atoms with van der Waals surface area (Å²) >= 11 is 0. The monoisotopic (exact) mass is 1320 g/mol. The first-order valence-electron chi connectivity index (χ1n) is 33.6. The number of fused-ring (bicyclic) bond motifs is 2. The maximum absolute atomic E-state index is 16.2. The van der Waals surface area contributed by atoms with Gasteiger partial charge in [-0.05, 0) is 150 Å². The molecule has 4 aliphatic rings. The highest BCUT2D eigenvalue weighted by molar-refractivity contribution is 6.45. The maximum atomic E-state index is 16.2. The number of esters is 2. The first-order valence-corrected chi connectivity index (χ1v) is 33.6. The second-order valence-electron chi connectivity index (χ2n) is 27.0. The first kappa shape index (κ1) is 65.8. The van der Waals surface area contributed by atoms with Gasteiger partial charge in [0, 0.05) is 79.2 Å². The third kappa shape index (κ3) is 12.8. The summed E-state index contributed by atoms with van der Waals surface area (Å²) in [5.74, 6) is -3.98.